The number of nitrogens with two attached hydrogens (primary N) is 1. The van der Waals surface area contributed by atoms with Crippen LogP contribution >= 0.6 is 11.3 Å². The van der Waals surface area contributed by atoms with Crippen LogP contribution < -0.4 is 16.4 Å². The average Bonchev–Trinajstić information content (AvgIpc) is 3.24. The van der Waals surface area contributed by atoms with Gasteiger partial charge >= 0.3 is 6.03 Å². The number of rotatable bonds is 7. The van der Waals surface area contributed by atoms with E-state index in [9.17, 15) is 19.2 Å². The maximum atomic E-state index is 13.2. The fourth-order valence-electron chi connectivity index (χ4n) is 3.37. The lowest BCUT2D eigenvalue weighted by molar-refractivity contribution is -0.137. The summed E-state index contributed by atoms with van der Waals surface area (Å²) in [7, 11) is 0. The summed E-state index contributed by atoms with van der Waals surface area (Å²) in [5.74, 6) is -1.91. The van der Waals surface area contributed by atoms with Crippen molar-refractivity contribution < 1.29 is 19.2 Å². The Hall–Kier alpha value is -2.42. The predicted molar refractivity (Wildman–Crippen MR) is 99.5 cm³/mol. The normalized spacial score (nSPS) is 24.7. The molecule has 2 aliphatic rings. The summed E-state index contributed by atoms with van der Waals surface area (Å²) in [6.07, 6.45) is 1.69. The Balaban J connectivity index is 1.80. The zero-order valence-electron chi connectivity index (χ0n) is 15.6. The molecule has 0 spiro atoms. The Labute approximate surface area is 161 Å². The number of thiophene rings is 1. The van der Waals surface area contributed by atoms with Crippen LogP contribution in [0.15, 0.2) is 17.5 Å². The highest BCUT2D eigenvalue weighted by Gasteiger charge is 2.61. The van der Waals surface area contributed by atoms with Crippen LogP contribution in [-0.4, -0.2) is 40.7 Å². The Kier molecular flexibility index (Phi) is 4.75. The van der Waals surface area contributed by atoms with Crippen LogP contribution in [0.3, 0.4) is 0 Å². The van der Waals surface area contributed by atoms with E-state index in [4.69, 9.17) is 5.73 Å². The van der Waals surface area contributed by atoms with Gasteiger partial charge in [0.05, 0.1) is 0 Å². The molecule has 9 heteroatoms. The number of nitrogens with zero attached hydrogens (tertiary/aromatic N) is 1. The van der Waals surface area contributed by atoms with E-state index in [2.05, 4.69) is 10.6 Å². The molecule has 1 aliphatic carbocycles. The lowest BCUT2D eigenvalue weighted by Gasteiger charge is -2.32. The third kappa shape index (κ3) is 3.09. The molecule has 3 rings (SSSR count). The first-order valence-corrected chi connectivity index (χ1v) is 9.80. The summed E-state index contributed by atoms with van der Waals surface area (Å²) >= 11 is 1.41. The molecule has 4 N–H and O–H groups in total. The first-order chi connectivity index (χ1) is 12.6. The third-order valence-corrected chi connectivity index (χ3v) is 6.60. The lowest BCUT2D eigenvalue weighted by atomic mass is 9.87. The molecule has 2 unspecified atom stereocenters. The SMILES string of the molecule is CC(C)C(C)(NC(=O)CN1C(=O)NC(c2cccs2)(C2CC2)C1=O)C(N)=O. The number of urea groups is 1. The van der Waals surface area contributed by atoms with Gasteiger partial charge in [-0.2, -0.15) is 0 Å². The molecule has 1 aromatic rings. The summed E-state index contributed by atoms with van der Waals surface area (Å²) in [4.78, 5) is 51.7. The van der Waals surface area contributed by atoms with Gasteiger partial charge in [-0.3, -0.25) is 19.3 Å². The van der Waals surface area contributed by atoms with Gasteiger partial charge in [0.1, 0.15) is 12.1 Å². The number of hydrogen-bond acceptors (Lipinski definition) is 5. The highest BCUT2D eigenvalue weighted by molar-refractivity contribution is 7.10. The summed E-state index contributed by atoms with van der Waals surface area (Å²) in [6.45, 7) is 4.59. The van der Waals surface area contributed by atoms with Crippen LogP contribution in [0.4, 0.5) is 4.79 Å². The van der Waals surface area contributed by atoms with E-state index in [1.165, 1.54) is 18.3 Å². The molecular weight excluding hydrogens is 368 g/mol. The highest BCUT2D eigenvalue weighted by Crippen LogP contribution is 2.50. The second-order valence-electron chi connectivity index (χ2n) is 7.65. The molecule has 5 amide bonds. The standard InChI is InChI=1S/C18H24N4O4S/c1-10(2)17(3,14(19)24)20-13(23)9-22-15(25)18(11-6-7-11,21-16(22)26)12-5-4-8-27-12/h4-5,8,10-11H,6-7,9H2,1-3H3,(H2,19,24)(H,20,23)(H,21,26). The Morgan fingerprint density at radius 2 is 2.11 bits per heavy atom. The molecule has 0 aromatic carbocycles. The fraction of sp³-hybridized carbons (Fsp3) is 0.556. The topological polar surface area (TPSA) is 122 Å². The fourth-order valence-corrected chi connectivity index (χ4v) is 4.32. The molecule has 1 aliphatic heterocycles. The monoisotopic (exact) mass is 392 g/mol. The molecule has 2 atom stereocenters. The minimum Gasteiger partial charge on any atom is -0.368 e. The van der Waals surface area contributed by atoms with Crippen molar-refractivity contribution in [2.24, 2.45) is 17.6 Å². The molecule has 146 valence electrons. The van der Waals surface area contributed by atoms with Crippen molar-refractivity contribution in [3.63, 3.8) is 0 Å². The van der Waals surface area contributed by atoms with Gasteiger partial charge in [-0.05, 0) is 43.0 Å². The van der Waals surface area contributed by atoms with E-state index in [0.717, 1.165) is 22.6 Å². The van der Waals surface area contributed by atoms with Crippen LogP contribution in [0, 0.1) is 11.8 Å². The van der Waals surface area contributed by atoms with Crippen LogP contribution in [0.25, 0.3) is 0 Å². The van der Waals surface area contributed by atoms with Crippen molar-refractivity contribution in [2.75, 3.05) is 6.54 Å². The molecule has 1 saturated heterocycles. The highest BCUT2D eigenvalue weighted by atomic mass is 32.1. The average molecular weight is 392 g/mol. The largest absolute Gasteiger partial charge is 0.368 e. The Morgan fingerprint density at radius 3 is 2.59 bits per heavy atom. The number of carbonyl (C=O) groups excluding carboxylic acids is 4. The van der Waals surface area contributed by atoms with E-state index in [1.807, 2.05) is 17.5 Å². The first-order valence-electron chi connectivity index (χ1n) is 8.92. The van der Waals surface area contributed by atoms with Crippen molar-refractivity contribution in [3.8, 4) is 0 Å². The predicted octanol–water partition coefficient (Wildman–Crippen LogP) is 0.921. The second-order valence-corrected chi connectivity index (χ2v) is 8.60. The van der Waals surface area contributed by atoms with Crippen LogP contribution in [0.2, 0.25) is 0 Å². The maximum Gasteiger partial charge on any atom is 0.325 e. The number of nitrogens with one attached hydrogen (secondary N) is 2. The van der Waals surface area contributed by atoms with Crippen molar-refractivity contribution in [1.29, 1.82) is 0 Å². The van der Waals surface area contributed by atoms with Gasteiger partial charge in [0, 0.05) is 4.88 Å². The quantitative estimate of drug-likeness (QED) is 0.597. The van der Waals surface area contributed by atoms with Crippen LogP contribution in [-0.2, 0) is 19.9 Å². The van der Waals surface area contributed by atoms with Gasteiger partial charge in [-0.25, -0.2) is 4.79 Å². The van der Waals surface area contributed by atoms with Gasteiger partial charge in [-0.15, -0.1) is 11.3 Å². The molecular formula is C18H24N4O4S. The van der Waals surface area contributed by atoms with Gasteiger partial charge < -0.3 is 16.4 Å². The number of primary amides is 1. The molecule has 2 heterocycles. The molecule has 1 saturated carbocycles. The van der Waals surface area contributed by atoms with Gasteiger partial charge in [0.2, 0.25) is 11.8 Å². The molecule has 2 fully saturated rings. The van der Waals surface area contributed by atoms with Crippen molar-refractivity contribution in [2.45, 2.75) is 44.7 Å². The minimum absolute atomic E-state index is 0.0345. The molecule has 0 radical (unpaired) electrons. The smallest absolute Gasteiger partial charge is 0.325 e. The van der Waals surface area contributed by atoms with Crippen LogP contribution in [0.1, 0.15) is 38.5 Å². The molecule has 27 heavy (non-hydrogen) atoms. The molecule has 0 bridgehead atoms. The zero-order chi connectivity index (χ0) is 20.0. The third-order valence-electron chi connectivity index (χ3n) is 5.60. The van der Waals surface area contributed by atoms with Gasteiger partial charge in [0.15, 0.2) is 5.54 Å². The molecule has 8 nitrogen and oxygen atoms in total. The number of carbonyl (C=O) groups is 4. The lowest BCUT2D eigenvalue weighted by Crippen LogP contribution is -2.60. The summed E-state index contributed by atoms with van der Waals surface area (Å²) in [6, 6.07) is 3.06. The molecule has 1 aromatic heterocycles. The first kappa shape index (κ1) is 19.3. The van der Waals surface area contributed by atoms with Crippen molar-refractivity contribution in [3.05, 3.63) is 22.4 Å². The maximum absolute atomic E-state index is 13.2. The number of imide groups is 1. The van der Waals surface area contributed by atoms with E-state index < -0.39 is 41.4 Å². The Bertz CT molecular complexity index is 789. The van der Waals surface area contributed by atoms with E-state index in [0.29, 0.717) is 0 Å². The van der Waals surface area contributed by atoms with E-state index in [1.54, 1.807) is 13.8 Å². The second kappa shape index (κ2) is 6.63. The van der Waals surface area contributed by atoms with Gasteiger partial charge in [-0.1, -0.05) is 19.9 Å². The zero-order valence-corrected chi connectivity index (χ0v) is 16.4. The minimum atomic E-state index is -1.27. The summed E-state index contributed by atoms with van der Waals surface area (Å²) in [5.41, 5.74) is 3.07. The van der Waals surface area contributed by atoms with Gasteiger partial charge in [0.25, 0.3) is 5.91 Å². The number of hydrogen-bond donors (Lipinski definition) is 3. The summed E-state index contributed by atoms with van der Waals surface area (Å²) < 4.78 is 0. The Morgan fingerprint density at radius 1 is 1.44 bits per heavy atom. The van der Waals surface area contributed by atoms with Crippen molar-refractivity contribution in [1.82, 2.24) is 15.5 Å². The van der Waals surface area contributed by atoms with E-state index in [-0.39, 0.29) is 11.8 Å². The van der Waals surface area contributed by atoms with Crippen LogP contribution in [0.5, 0.6) is 0 Å². The van der Waals surface area contributed by atoms with Crippen molar-refractivity contribution >= 4 is 35.1 Å². The van der Waals surface area contributed by atoms with E-state index >= 15 is 0 Å². The number of amides is 5. The summed E-state index contributed by atoms with van der Waals surface area (Å²) in [5, 5.41) is 7.26.